The minimum Gasteiger partial charge on any atom is -0.391 e. The maximum absolute atomic E-state index is 11.9. The van der Waals surface area contributed by atoms with Gasteiger partial charge in [-0.25, -0.2) is 0 Å². The highest BCUT2D eigenvalue weighted by Gasteiger charge is 2.24. The highest BCUT2D eigenvalue weighted by molar-refractivity contribution is 5.81. The molecule has 0 unspecified atom stereocenters. The molecule has 0 radical (unpaired) electrons. The third kappa shape index (κ3) is 14.3. The van der Waals surface area contributed by atoms with Gasteiger partial charge < -0.3 is 10.4 Å². The lowest BCUT2D eigenvalue weighted by Gasteiger charge is -2.25. The molecule has 0 heterocycles. The van der Waals surface area contributed by atoms with Crippen LogP contribution in [0.2, 0.25) is 0 Å². The summed E-state index contributed by atoms with van der Waals surface area (Å²) in [4.78, 5) is 11.9. The standard InChI is InChI=1S/C22H45NO2/c1-6-7-8-9-10-11-12-13-14-15-16-17-18-20(24)19(2)23-21(25)22(3,4)5/h19-20,24H,6-18H2,1-5H3,(H,23,25)/t19-,20-/m1/s1. The van der Waals surface area contributed by atoms with Crippen molar-refractivity contribution >= 4 is 5.91 Å². The lowest BCUT2D eigenvalue weighted by atomic mass is 9.94. The molecule has 25 heavy (non-hydrogen) atoms. The second kappa shape index (κ2) is 14.6. The predicted octanol–water partition coefficient (Wildman–Crippen LogP) is 5.99. The molecule has 0 spiro atoms. The van der Waals surface area contributed by atoms with Crippen molar-refractivity contribution in [3.8, 4) is 0 Å². The third-order valence-electron chi connectivity index (χ3n) is 4.97. The summed E-state index contributed by atoms with van der Waals surface area (Å²) in [6.07, 6.45) is 16.3. The topological polar surface area (TPSA) is 49.3 Å². The van der Waals surface area contributed by atoms with Crippen LogP contribution in [-0.4, -0.2) is 23.2 Å². The second-order valence-electron chi connectivity index (χ2n) is 8.76. The van der Waals surface area contributed by atoms with E-state index in [0.29, 0.717) is 0 Å². The van der Waals surface area contributed by atoms with E-state index < -0.39 is 11.5 Å². The molecular weight excluding hydrogens is 310 g/mol. The van der Waals surface area contributed by atoms with E-state index in [0.717, 1.165) is 12.8 Å². The van der Waals surface area contributed by atoms with Gasteiger partial charge in [-0.2, -0.15) is 0 Å². The molecule has 0 aliphatic heterocycles. The summed E-state index contributed by atoms with van der Waals surface area (Å²) in [5.41, 5.74) is -0.399. The lowest BCUT2D eigenvalue weighted by Crippen LogP contribution is -2.45. The molecule has 0 aliphatic rings. The van der Waals surface area contributed by atoms with Crippen LogP contribution in [0.25, 0.3) is 0 Å². The Labute approximate surface area is 157 Å². The van der Waals surface area contributed by atoms with Crippen LogP contribution in [0.1, 0.15) is 118 Å². The number of aliphatic hydroxyl groups is 1. The van der Waals surface area contributed by atoms with Crippen LogP contribution in [0.3, 0.4) is 0 Å². The summed E-state index contributed by atoms with van der Waals surface area (Å²) in [7, 11) is 0. The summed E-state index contributed by atoms with van der Waals surface area (Å²) in [5.74, 6) is 0.00810. The molecule has 0 aliphatic carbocycles. The maximum Gasteiger partial charge on any atom is 0.225 e. The molecule has 0 aromatic rings. The Balaban J connectivity index is 3.48. The number of hydrogen-bond acceptors (Lipinski definition) is 2. The van der Waals surface area contributed by atoms with Gasteiger partial charge in [0.2, 0.25) is 5.91 Å². The molecule has 150 valence electrons. The van der Waals surface area contributed by atoms with E-state index in [4.69, 9.17) is 0 Å². The fraction of sp³-hybridized carbons (Fsp3) is 0.955. The third-order valence-corrected chi connectivity index (χ3v) is 4.97. The van der Waals surface area contributed by atoms with E-state index in [9.17, 15) is 9.90 Å². The van der Waals surface area contributed by atoms with Gasteiger partial charge in [-0.3, -0.25) is 4.79 Å². The van der Waals surface area contributed by atoms with Gasteiger partial charge in [0.15, 0.2) is 0 Å². The number of rotatable bonds is 15. The molecule has 0 saturated carbocycles. The zero-order valence-corrected chi connectivity index (χ0v) is 17.7. The number of unbranched alkanes of at least 4 members (excludes halogenated alkanes) is 11. The first kappa shape index (κ1) is 24.4. The smallest absolute Gasteiger partial charge is 0.225 e. The summed E-state index contributed by atoms with van der Waals surface area (Å²) in [6, 6.07) is -0.167. The monoisotopic (exact) mass is 355 g/mol. The van der Waals surface area contributed by atoms with Crippen molar-refractivity contribution in [2.45, 2.75) is 130 Å². The van der Waals surface area contributed by atoms with Gasteiger partial charge in [0, 0.05) is 5.41 Å². The van der Waals surface area contributed by atoms with Crippen molar-refractivity contribution in [2.24, 2.45) is 5.41 Å². The van der Waals surface area contributed by atoms with Crippen LogP contribution in [0.4, 0.5) is 0 Å². The van der Waals surface area contributed by atoms with Gasteiger partial charge in [0.1, 0.15) is 0 Å². The van der Waals surface area contributed by atoms with Crippen molar-refractivity contribution in [3.05, 3.63) is 0 Å². The molecule has 0 bridgehead atoms. The van der Waals surface area contributed by atoms with Gasteiger partial charge in [-0.1, -0.05) is 105 Å². The van der Waals surface area contributed by atoms with Crippen molar-refractivity contribution in [2.75, 3.05) is 0 Å². The zero-order valence-electron chi connectivity index (χ0n) is 17.7. The Kier molecular flexibility index (Phi) is 14.3. The highest BCUT2D eigenvalue weighted by Crippen LogP contribution is 2.16. The highest BCUT2D eigenvalue weighted by atomic mass is 16.3. The number of nitrogens with one attached hydrogen (secondary N) is 1. The van der Waals surface area contributed by atoms with E-state index in [2.05, 4.69) is 12.2 Å². The summed E-state index contributed by atoms with van der Waals surface area (Å²) in [6.45, 7) is 9.85. The van der Waals surface area contributed by atoms with Crippen LogP contribution in [0.15, 0.2) is 0 Å². The van der Waals surface area contributed by atoms with Crippen molar-refractivity contribution in [1.29, 1.82) is 0 Å². The fourth-order valence-corrected chi connectivity index (χ4v) is 2.96. The van der Waals surface area contributed by atoms with Crippen molar-refractivity contribution in [1.82, 2.24) is 5.32 Å². The van der Waals surface area contributed by atoms with Gasteiger partial charge >= 0.3 is 0 Å². The van der Waals surface area contributed by atoms with Crippen molar-refractivity contribution in [3.63, 3.8) is 0 Å². The lowest BCUT2D eigenvalue weighted by molar-refractivity contribution is -0.130. The molecule has 2 atom stereocenters. The van der Waals surface area contributed by atoms with E-state index in [1.165, 1.54) is 70.6 Å². The Morgan fingerprint density at radius 3 is 1.64 bits per heavy atom. The average Bonchev–Trinajstić information content (AvgIpc) is 2.54. The second-order valence-corrected chi connectivity index (χ2v) is 8.76. The van der Waals surface area contributed by atoms with Gasteiger partial charge in [-0.15, -0.1) is 0 Å². The Morgan fingerprint density at radius 2 is 1.24 bits per heavy atom. The van der Waals surface area contributed by atoms with E-state index in [-0.39, 0.29) is 11.9 Å². The molecule has 0 rings (SSSR count). The molecule has 3 heteroatoms. The number of hydrogen-bond donors (Lipinski definition) is 2. The molecule has 0 fully saturated rings. The van der Waals surface area contributed by atoms with Crippen molar-refractivity contribution < 1.29 is 9.90 Å². The van der Waals surface area contributed by atoms with Crippen LogP contribution in [0.5, 0.6) is 0 Å². The first-order chi connectivity index (χ1) is 11.8. The van der Waals surface area contributed by atoms with Crippen LogP contribution in [-0.2, 0) is 4.79 Å². The molecular formula is C22H45NO2. The fourth-order valence-electron chi connectivity index (χ4n) is 2.96. The van der Waals surface area contributed by atoms with Gasteiger partial charge in [-0.05, 0) is 13.3 Å². The summed E-state index contributed by atoms with van der Waals surface area (Å²) in [5, 5.41) is 13.1. The largest absolute Gasteiger partial charge is 0.391 e. The molecule has 1 amide bonds. The Hall–Kier alpha value is -0.570. The van der Waals surface area contributed by atoms with Crippen LogP contribution in [0, 0.1) is 5.41 Å². The minimum absolute atomic E-state index is 0.00810. The molecule has 2 N–H and O–H groups in total. The van der Waals surface area contributed by atoms with Gasteiger partial charge in [0.05, 0.1) is 12.1 Å². The molecule has 3 nitrogen and oxygen atoms in total. The zero-order chi connectivity index (χ0) is 19.1. The summed E-state index contributed by atoms with van der Waals surface area (Å²) < 4.78 is 0. The average molecular weight is 356 g/mol. The summed E-state index contributed by atoms with van der Waals surface area (Å²) >= 11 is 0. The number of aliphatic hydroxyl groups excluding tert-OH is 1. The number of amides is 1. The molecule has 0 aromatic carbocycles. The Bertz CT molecular complexity index is 322. The van der Waals surface area contributed by atoms with Crippen LogP contribution >= 0.6 is 0 Å². The Morgan fingerprint density at radius 1 is 0.840 bits per heavy atom. The van der Waals surface area contributed by atoms with E-state index >= 15 is 0 Å². The minimum atomic E-state index is -0.436. The normalized spacial score (nSPS) is 14.3. The van der Waals surface area contributed by atoms with Gasteiger partial charge in [0.25, 0.3) is 0 Å². The maximum atomic E-state index is 11.9. The first-order valence-electron chi connectivity index (χ1n) is 10.8. The quantitative estimate of drug-likeness (QED) is 0.354. The predicted molar refractivity (Wildman–Crippen MR) is 109 cm³/mol. The number of carbonyl (C=O) groups is 1. The molecule has 0 aromatic heterocycles. The molecule has 0 saturated heterocycles. The van der Waals surface area contributed by atoms with Crippen LogP contribution < -0.4 is 5.32 Å². The first-order valence-corrected chi connectivity index (χ1v) is 10.8. The van der Waals surface area contributed by atoms with E-state index in [1.807, 2.05) is 27.7 Å². The SMILES string of the molecule is CCCCCCCCCCCCCC[C@@H](O)[C@@H](C)NC(=O)C(C)(C)C. The van der Waals surface area contributed by atoms with E-state index in [1.54, 1.807) is 0 Å². The number of carbonyl (C=O) groups excluding carboxylic acids is 1.